The van der Waals surface area contributed by atoms with Crippen LogP contribution >= 0.6 is 11.3 Å². The predicted molar refractivity (Wildman–Crippen MR) is 85.1 cm³/mol. The maximum Gasteiger partial charge on any atom is 0.261 e. The Kier molecular flexibility index (Phi) is 5.32. The van der Waals surface area contributed by atoms with Crippen LogP contribution in [0.2, 0.25) is 0 Å². The fourth-order valence-corrected chi connectivity index (χ4v) is 2.83. The minimum absolute atomic E-state index is 0.00703. The molecule has 0 unspecified atom stereocenters. The van der Waals surface area contributed by atoms with Gasteiger partial charge in [-0.25, -0.2) is 0 Å². The molecule has 0 aliphatic carbocycles. The number of hydrogen-bond acceptors (Lipinski definition) is 3. The van der Waals surface area contributed by atoms with Crippen molar-refractivity contribution in [2.45, 2.75) is 19.8 Å². The lowest BCUT2D eigenvalue weighted by Gasteiger charge is -2.06. The largest absolute Gasteiger partial charge is 0.351 e. The SMILES string of the molecule is Cc1ccc(-c2ccsc2C(=O)NCCCCN)cc1. The number of hydrogen-bond donors (Lipinski definition) is 2. The second-order valence-electron chi connectivity index (χ2n) is 4.78. The van der Waals surface area contributed by atoms with E-state index in [1.54, 1.807) is 0 Å². The first-order chi connectivity index (χ1) is 9.72. The van der Waals surface area contributed by atoms with Gasteiger partial charge in [0, 0.05) is 12.1 Å². The van der Waals surface area contributed by atoms with Gasteiger partial charge < -0.3 is 11.1 Å². The number of carbonyl (C=O) groups is 1. The van der Waals surface area contributed by atoms with Crippen LogP contribution in [0, 0.1) is 6.92 Å². The van der Waals surface area contributed by atoms with Crippen molar-refractivity contribution < 1.29 is 4.79 Å². The Morgan fingerprint density at radius 1 is 1.20 bits per heavy atom. The van der Waals surface area contributed by atoms with Crippen LogP contribution in [0.15, 0.2) is 35.7 Å². The molecule has 0 bridgehead atoms. The molecule has 1 heterocycles. The molecule has 1 aromatic carbocycles. The van der Waals surface area contributed by atoms with Crippen LogP contribution in [-0.2, 0) is 0 Å². The van der Waals surface area contributed by atoms with Gasteiger partial charge in [-0.2, -0.15) is 0 Å². The summed E-state index contributed by atoms with van der Waals surface area (Å²) < 4.78 is 0. The van der Waals surface area contributed by atoms with Crippen molar-refractivity contribution in [2.75, 3.05) is 13.1 Å². The molecule has 2 aromatic rings. The molecular formula is C16H20N2OS. The van der Waals surface area contributed by atoms with E-state index in [0.29, 0.717) is 13.1 Å². The Bertz CT molecular complexity index is 560. The molecular weight excluding hydrogens is 268 g/mol. The Morgan fingerprint density at radius 3 is 2.65 bits per heavy atom. The number of aryl methyl sites for hydroxylation is 1. The van der Waals surface area contributed by atoms with Gasteiger partial charge >= 0.3 is 0 Å². The first-order valence-electron chi connectivity index (χ1n) is 6.85. The molecule has 0 saturated heterocycles. The second-order valence-corrected chi connectivity index (χ2v) is 5.70. The van der Waals surface area contributed by atoms with Crippen molar-refractivity contribution in [3.63, 3.8) is 0 Å². The van der Waals surface area contributed by atoms with E-state index < -0.39 is 0 Å². The van der Waals surface area contributed by atoms with E-state index in [4.69, 9.17) is 5.73 Å². The summed E-state index contributed by atoms with van der Waals surface area (Å²) in [5.74, 6) is 0.00703. The molecule has 0 spiro atoms. The minimum Gasteiger partial charge on any atom is -0.351 e. The molecule has 0 aliphatic heterocycles. The summed E-state index contributed by atoms with van der Waals surface area (Å²) in [6.45, 7) is 3.41. The van der Waals surface area contributed by atoms with E-state index in [9.17, 15) is 4.79 Å². The normalized spacial score (nSPS) is 10.5. The molecule has 3 N–H and O–H groups in total. The maximum atomic E-state index is 12.2. The highest BCUT2D eigenvalue weighted by atomic mass is 32.1. The highest BCUT2D eigenvalue weighted by Gasteiger charge is 2.13. The molecule has 3 nitrogen and oxygen atoms in total. The van der Waals surface area contributed by atoms with Crippen LogP contribution in [0.3, 0.4) is 0 Å². The number of carbonyl (C=O) groups excluding carboxylic acids is 1. The quantitative estimate of drug-likeness (QED) is 0.802. The van der Waals surface area contributed by atoms with Gasteiger partial charge in [-0.15, -0.1) is 11.3 Å². The van der Waals surface area contributed by atoms with Gasteiger partial charge in [0.05, 0.1) is 4.88 Å². The van der Waals surface area contributed by atoms with Crippen molar-refractivity contribution >= 4 is 17.2 Å². The Balaban J connectivity index is 2.08. The third-order valence-electron chi connectivity index (χ3n) is 3.15. The lowest BCUT2D eigenvalue weighted by molar-refractivity contribution is 0.0957. The third kappa shape index (κ3) is 3.68. The molecule has 0 saturated carbocycles. The number of amides is 1. The van der Waals surface area contributed by atoms with Gasteiger partial charge in [-0.3, -0.25) is 4.79 Å². The van der Waals surface area contributed by atoms with Crippen molar-refractivity contribution in [1.82, 2.24) is 5.32 Å². The highest BCUT2D eigenvalue weighted by molar-refractivity contribution is 7.12. The number of benzene rings is 1. The van der Waals surface area contributed by atoms with Gasteiger partial charge in [0.25, 0.3) is 5.91 Å². The molecule has 0 radical (unpaired) electrons. The summed E-state index contributed by atoms with van der Waals surface area (Å²) >= 11 is 1.48. The molecule has 0 atom stereocenters. The Labute approximate surface area is 123 Å². The van der Waals surface area contributed by atoms with E-state index in [0.717, 1.165) is 28.8 Å². The number of unbranched alkanes of at least 4 members (excludes halogenated alkanes) is 1. The molecule has 0 fully saturated rings. The number of thiophene rings is 1. The lowest BCUT2D eigenvalue weighted by Crippen LogP contribution is -2.24. The van der Waals surface area contributed by atoms with Crippen molar-refractivity contribution in [3.05, 3.63) is 46.2 Å². The van der Waals surface area contributed by atoms with Gasteiger partial charge in [0.15, 0.2) is 0 Å². The molecule has 2 rings (SSSR count). The molecule has 1 amide bonds. The monoisotopic (exact) mass is 288 g/mol. The molecule has 1 aromatic heterocycles. The third-order valence-corrected chi connectivity index (χ3v) is 4.06. The topological polar surface area (TPSA) is 55.1 Å². The van der Waals surface area contributed by atoms with E-state index in [1.807, 2.05) is 11.4 Å². The average molecular weight is 288 g/mol. The zero-order chi connectivity index (χ0) is 14.4. The van der Waals surface area contributed by atoms with Crippen LogP contribution in [-0.4, -0.2) is 19.0 Å². The zero-order valence-electron chi connectivity index (χ0n) is 11.7. The molecule has 4 heteroatoms. The summed E-state index contributed by atoms with van der Waals surface area (Å²) in [5, 5.41) is 4.92. The van der Waals surface area contributed by atoms with Crippen LogP contribution in [0.1, 0.15) is 28.1 Å². The van der Waals surface area contributed by atoms with Crippen LogP contribution in [0.25, 0.3) is 11.1 Å². The molecule has 106 valence electrons. The van der Waals surface area contributed by atoms with E-state index in [1.165, 1.54) is 16.9 Å². The fourth-order valence-electron chi connectivity index (χ4n) is 2.00. The molecule has 20 heavy (non-hydrogen) atoms. The standard InChI is InChI=1S/C16H20N2OS/c1-12-4-6-13(7-5-12)14-8-11-20-15(14)16(19)18-10-3-2-9-17/h4-8,11H,2-3,9-10,17H2,1H3,(H,18,19). The highest BCUT2D eigenvalue weighted by Crippen LogP contribution is 2.28. The number of nitrogens with two attached hydrogens (primary N) is 1. The van der Waals surface area contributed by atoms with Gasteiger partial charge in [-0.05, 0) is 43.3 Å². The maximum absolute atomic E-state index is 12.2. The van der Waals surface area contributed by atoms with Crippen LogP contribution in [0.5, 0.6) is 0 Å². The Morgan fingerprint density at radius 2 is 1.95 bits per heavy atom. The smallest absolute Gasteiger partial charge is 0.261 e. The zero-order valence-corrected chi connectivity index (χ0v) is 12.5. The van der Waals surface area contributed by atoms with Gasteiger partial charge in [-0.1, -0.05) is 29.8 Å². The minimum atomic E-state index is 0.00703. The van der Waals surface area contributed by atoms with Crippen molar-refractivity contribution in [3.8, 4) is 11.1 Å². The van der Waals surface area contributed by atoms with Crippen molar-refractivity contribution in [2.24, 2.45) is 5.73 Å². The summed E-state index contributed by atoms with van der Waals surface area (Å²) in [5.41, 5.74) is 8.75. The van der Waals surface area contributed by atoms with Crippen molar-refractivity contribution in [1.29, 1.82) is 0 Å². The van der Waals surface area contributed by atoms with Gasteiger partial charge in [0.2, 0.25) is 0 Å². The predicted octanol–water partition coefficient (Wildman–Crippen LogP) is 3.19. The summed E-state index contributed by atoms with van der Waals surface area (Å²) in [7, 11) is 0. The summed E-state index contributed by atoms with van der Waals surface area (Å²) in [6, 6.07) is 10.3. The van der Waals surface area contributed by atoms with Gasteiger partial charge in [0.1, 0.15) is 0 Å². The summed E-state index contributed by atoms with van der Waals surface area (Å²) in [6.07, 6.45) is 1.86. The van der Waals surface area contributed by atoms with E-state index in [2.05, 4.69) is 36.5 Å². The number of rotatable bonds is 6. The van der Waals surface area contributed by atoms with Crippen LogP contribution in [0.4, 0.5) is 0 Å². The lowest BCUT2D eigenvalue weighted by atomic mass is 10.0. The fraction of sp³-hybridized carbons (Fsp3) is 0.312. The van der Waals surface area contributed by atoms with E-state index in [-0.39, 0.29) is 5.91 Å². The van der Waals surface area contributed by atoms with E-state index >= 15 is 0 Å². The average Bonchev–Trinajstić information content (AvgIpc) is 2.93. The van der Waals surface area contributed by atoms with Crippen LogP contribution < -0.4 is 11.1 Å². The number of nitrogens with one attached hydrogen (secondary N) is 1. The Hall–Kier alpha value is -1.65. The molecule has 0 aliphatic rings. The first-order valence-corrected chi connectivity index (χ1v) is 7.73. The first kappa shape index (κ1) is 14.8. The summed E-state index contributed by atoms with van der Waals surface area (Å²) in [4.78, 5) is 13.0. The second kappa shape index (κ2) is 7.22.